The summed E-state index contributed by atoms with van der Waals surface area (Å²) in [7, 11) is 0. The number of hydrogen-bond donors (Lipinski definition) is 0. The van der Waals surface area contributed by atoms with Crippen LogP contribution in [0.3, 0.4) is 0 Å². The minimum Gasteiger partial charge on any atom is -0.443 e. The van der Waals surface area contributed by atoms with Gasteiger partial charge in [-0.3, -0.25) is 0 Å². The second-order valence-corrected chi connectivity index (χ2v) is 7.24. The van der Waals surface area contributed by atoms with Crippen LogP contribution in [0.25, 0.3) is 54.2 Å². The van der Waals surface area contributed by atoms with Crippen LogP contribution in [-0.2, 0) is 0 Å². The molecule has 0 spiro atoms. The standard InChI is InChI=1S/C20H12.C7H5NO/c1-5-13-6-2-11-17-18-12-4-8-14-7-3-10-16(20(14)18)15(9-1)19(13)17;1-2-4-7-6(3-1)8-5-9-7/h1-12H;1-5H. The summed E-state index contributed by atoms with van der Waals surface area (Å²) in [4.78, 5) is 3.95. The molecule has 6 aromatic carbocycles. The first-order valence-corrected chi connectivity index (χ1v) is 9.73. The van der Waals surface area contributed by atoms with Crippen molar-refractivity contribution < 1.29 is 4.42 Å². The molecule has 0 fully saturated rings. The molecule has 0 aliphatic heterocycles. The number of para-hydroxylation sites is 2. The molecule has 0 aliphatic carbocycles. The predicted molar refractivity (Wildman–Crippen MR) is 122 cm³/mol. The maximum absolute atomic E-state index is 5.01. The van der Waals surface area contributed by atoms with Gasteiger partial charge in [0.2, 0.25) is 0 Å². The van der Waals surface area contributed by atoms with E-state index in [1.807, 2.05) is 24.3 Å². The molecule has 0 N–H and O–H groups in total. The minimum absolute atomic E-state index is 0.845. The van der Waals surface area contributed by atoms with E-state index in [4.69, 9.17) is 4.42 Å². The largest absolute Gasteiger partial charge is 0.443 e. The lowest BCUT2D eigenvalue weighted by Crippen LogP contribution is -1.85. The van der Waals surface area contributed by atoms with Gasteiger partial charge in [0.25, 0.3) is 0 Å². The predicted octanol–water partition coefficient (Wildman–Crippen LogP) is 7.57. The summed E-state index contributed by atoms with van der Waals surface area (Å²) in [6, 6.07) is 34.1. The Morgan fingerprint density at radius 2 is 0.966 bits per heavy atom. The fourth-order valence-electron chi connectivity index (χ4n) is 4.38. The highest BCUT2D eigenvalue weighted by Crippen LogP contribution is 2.39. The number of oxazole rings is 1. The zero-order chi connectivity index (χ0) is 19.2. The number of aromatic nitrogens is 1. The number of rotatable bonds is 0. The van der Waals surface area contributed by atoms with Crippen LogP contribution in [0.1, 0.15) is 0 Å². The van der Waals surface area contributed by atoms with Gasteiger partial charge in [-0.15, -0.1) is 0 Å². The Bertz CT molecular complexity index is 1410. The lowest BCUT2D eigenvalue weighted by molar-refractivity contribution is 0.602. The van der Waals surface area contributed by atoms with E-state index in [2.05, 4.69) is 77.8 Å². The van der Waals surface area contributed by atoms with Gasteiger partial charge in [-0.05, 0) is 55.2 Å². The van der Waals surface area contributed by atoms with E-state index in [1.165, 1.54) is 49.5 Å². The molecule has 0 saturated heterocycles. The molecule has 136 valence electrons. The van der Waals surface area contributed by atoms with Crippen molar-refractivity contribution in [3.8, 4) is 0 Å². The van der Waals surface area contributed by atoms with Crippen LogP contribution in [0.15, 0.2) is 108 Å². The molecule has 1 heterocycles. The molecule has 0 atom stereocenters. The molecule has 2 heteroatoms. The van der Waals surface area contributed by atoms with Crippen molar-refractivity contribution in [2.45, 2.75) is 0 Å². The fourth-order valence-corrected chi connectivity index (χ4v) is 4.38. The second-order valence-electron chi connectivity index (χ2n) is 7.24. The first-order chi connectivity index (χ1) is 14.4. The molecule has 0 bridgehead atoms. The highest BCUT2D eigenvalue weighted by Gasteiger charge is 2.11. The zero-order valence-electron chi connectivity index (χ0n) is 15.7. The highest BCUT2D eigenvalue weighted by atomic mass is 16.3. The van der Waals surface area contributed by atoms with Crippen LogP contribution in [0.5, 0.6) is 0 Å². The third kappa shape index (κ3) is 2.46. The minimum atomic E-state index is 0.845. The van der Waals surface area contributed by atoms with Crippen molar-refractivity contribution >= 4 is 54.2 Å². The molecule has 7 rings (SSSR count). The quantitative estimate of drug-likeness (QED) is 0.203. The molecule has 2 nitrogen and oxygen atoms in total. The summed E-state index contributed by atoms with van der Waals surface area (Å²) in [5.41, 5.74) is 1.76. The van der Waals surface area contributed by atoms with Crippen LogP contribution in [0, 0.1) is 0 Å². The Morgan fingerprint density at radius 3 is 1.45 bits per heavy atom. The number of fused-ring (bicyclic) bond motifs is 3. The van der Waals surface area contributed by atoms with Crippen LogP contribution >= 0.6 is 0 Å². The van der Waals surface area contributed by atoms with Gasteiger partial charge in [-0.25, -0.2) is 4.98 Å². The lowest BCUT2D eigenvalue weighted by atomic mass is 9.90. The van der Waals surface area contributed by atoms with Gasteiger partial charge in [-0.1, -0.05) is 84.9 Å². The van der Waals surface area contributed by atoms with Crippen molar-refractivity contribution in [3.05, 3.63) is 103 Å². The maximum atomic E-state index is 5.01. The molecule has 0 aliphatic rings. The number of benzene rings is 6. The Hall–Kier alpha value is -3.91. The molecule has 0 amide bonds. The lowest BCUT2D eigenvalue weighted by Gasteiger charge is -2.13. The third-order valence-corrected chi connectivity index (χ3v) is 5.63. The average molecular weight is 371 g/mol. The molecule has 29 heavy (non-hydrogen) atoms. The first-order valence-electron chi connectivity index (χ1n) is 9.73. The number of nitrogens with zero attached hydrogens (tertiary/aromatic N) is 1. The summed E-state index contributed by atoms with van der Waals surface area (Å²) in [5, 5.41) is 10.9. The zero-order valence-corrected chi connectivity index (χ0v) is 15.7. The monoisotopic (exact) mass is 371 g/mol. The Balaban J connectivity index is 0.000000154. The van der Waals surface area contributed by atoms with Crippen molar-refractivity contribution in [1.29, 1.82) is 0 Å². The van der Waals surface area contributed by atoms with Crippen LogP contribution in [0.2, 0.25) is 0 Å². The second kappa shape index (κ2) is 6.32. The van der Waals surface area contributed by atoms with Crippen LogP contribution < -0.4 is 0 Å². The van der Waals surface area contributed by atoms with Crippen molar-refractivity contribution in [2.75, 3.05) is 0 Å². The summed E-state index contributed by atoms with van der Waals surface area (Å²) < 4.78 is 5.01. The molecule has 1 aromatic heterocycles. The van der Waals surface area contributed by atoms with E-state index < -0.39 is 0 Å². The summed E-state index contributed by atoms with van der Waals surface area (Å²) >= 11 is 0. The maximum Gasteiger partial charge on any atom is 0.181 e. The van der Waals surface area contributed by atoms with Crippen molar-refractivity contribution in [3.63, 3.8) is 0 Å². The fraction of sp³-hybridized carbons (Fsp3) is 0. The van der Waals surface area contributed by atoms with Gasteiger partial charge in [0.15, 0.2) is 12.0 Å². The number of hydrogen-bond acceptors (Lipinski definition) is 2. The average Bonchev–Trinajstić information content (AvgIpc) is 3.27. The van der Waals surface area contributed by atoms with Gasteiger partial charge in [0.05, 0.1) is 0 Å². The van der Waals surface area contributed by atoms with Gasteiger partial charge < -0.3 is 4.42 Å². The third-order valence-electron chi connectivity index (χ3n) is 5.63. The van der Waals surface area contributed by atoms with E-state index in [9.17, 15) is 0 Å². The van der Waals surface area contributed by atoms with Gasteiger partial charge in [0, 0.05) is 0 Å². The Labute approximate surface area is 167 Å². The van der Waals surface area contributed by atoms with Crippen LogP contribution in [-0.4, -0.2) is 4.98 Å². The van der Waals surface area contributed by atoms with E-state index in [1.54, 1.807) is 0 Å². The normalized spacial score (nSPS) is 11.4. The van der Waals surface area contributed by atoms with Gasteiger partial charge >= 0.3 is 0 Å². The van der Waals surface area contributed by atoms with E-state index in [-0.39, 0.29) is 0 Å². The van der Waals surface area contributed by atoms with Crippen molar-refractivity contribution in [1.82, 2.24) is 4.98 Å². The molecule has 0 radical (unpaired) electrons. The topological polar surface area (TPSA) is 26.0 Å². The smallest absolute Gasteiger partial charge is 0.181 e. The highest BCUT2D eigenvalue weighted by molar-refractivity contribution is 6.32. The molecule has 0 unspecified atom stereocenters. The molecular formula is C27H17NO. The van der Waals surface area contributed by atoms with Crippen LogP contribution in [0.4, 0.5) is 0 Å². The summed E-state index contributed by atoms with van der Waals surface area (Å²) in [6.45, 7) is 0. The van der Waals surface area contributed by atoms with E-state index in [0.29, 0.717) is 0 Å². The first kappa shape index (κ1) is 16.1. The summed E-state index contributed by atoms with van der Waals surface area (Å²) in [6.07, 6.45) is 1.45. The molecule has 0 saturated carbocycles. The summed E-state index contributed by atoms with van der Waals surface area (Å²) in [5.74, 6) is 0. The Kier molecular flexibility index (Phi) is 3.50. The van der Waals surface area contributed by atoms with E-state index >= 15 is 0 Å². The van der Waals surface area contributed by atoms with E-state index in [0.717, 1.165) is 11.1 Å². The van der Waals surface area contributed by atoms with Crippen molar-refractivity contribution in [2.24, 2.45) is 0 Å². The SMILES string of the molecule is c1cc2cccc3c4cccc5cccc(c(c1)c23)c54.c1ccc2ocnc2c1. The van der Waals surface area contributed by atoms with Gasteiger partial charge in [0.1, 0.15) is 5.52 Å². The van der Waals surface area contributed by atoms with Gasteiger partial charge in [-0.2, -0.15) is 0 Å². The Morgan fingerprint density at radius 1 is 0.483 bits per heavy atom. The molecular weight excluding hydrogens is 354 g/mol. The molecule has 7 aromatic rings.